The normalized spacial score (nSPS) is 11.5. The quantitative estimate of drug-likeness (QED) is 0.901. The summed E-state index contributed by atoms with van der Waals surface area (Å²) in [6, 6.07) is 3.36. The molecule has 0 fully saturated rings. The molecular formula is C11H13N3O3S2. The molecule has 0 atom stereocenters. The van der Waals surface area contributed by atoms with E-state index < -0.39 is 10.0 Å². The minimum absolute atomic E-state index is 0.0467. The molecule has 0 aromatic carbocycles. The highest BCUT2D eigenvalue weighted by atomic mass is 32.2. The van der Waals surface area contributed by atoms with Crippen LogP contribution in [0.5, 0.6) is 5.75 Å². The number of hydrogen-bond acceptors (Lipinski definition) is 6. The molecule has 0 aliphatic carbocycles. The summed E-state index contributed by atoms with van der Waals surface area (Å²) in [4.78, 5) is 8.13. The smallest absolute Gasteiger partial charge is 0.254 e. The molecule has 0 saturated heterocycles. The minimum Gasteiger partial charge on any atom is -0.494 e. The summed E-state index contributed by atoms with van der Waals surface area (Å²) in [7, 11) is -2.17. The van der Waals surface area contributed by atoms with E-state index in [1.54, 1.807) is 23.7 Å². The highest BCUT2D eigenvalue weighted by Crippen LogP contribution is 2.29. The third-order valence-electron chi connectivity index (χ3n) is 2.32. The lowest BCUT2D eigenvalue weighted by Gasteiger charge is -2.06. The second-order valence-corrected chi connectivity index (χ2v) is 6.59. The topological polar surface area (TPSA) is 81.2 Å². The maximum absolute atomic E-state index is 12.1. The first-order valence-corrected chi connectivity index (χ1v) is 7.79. The molecule has 102 valence electrons. The number of hydrogen-bond donors (Lipinski definition) is 1. The van der Waals surface area contributed by atoms with Crippen molar-refractivity contribution in [3.8, 4) is 5.75 Å². The molecule has 0 spiro atoms. The van der Waals surface area contributed by atoms with Gasteiger partial charge < -0.3 is 4.74 Å². The van der Waals surface area contributed by atoms with Crippen LogP contribution in [0.25, 0.3) is 0 Å². The molecule has 2 heterocycles. The predicted octanol–water partition coefficient (Wildman–Crippen LogP) is 1.33. The molecule has 0 radical (unpaired) electrons. The summed E-state index contributed by atoms with van der Waals surface area (Å²) in [6.07, 6.45) is 1.59. The number of methoxy groups -OCH3 is 1. The zero-order chi connectivity index (χ0) is 13.9. The van der Waals surface area contributed by atoms with Gasteiger partial charge in [0, 0.05) is 11.9 Å². The van der Waals surface area contributed by atoms with Crippen LogP contribution >= 0.6 is 11.3 Å². The first kappa shape index (κ1) is 13.9. The molecule has 0 saturated carbocycles. The molecule has 2 aromatic heterocycles. The van der Waals surface area contributed by atoms with E-state index in [1.165, 1.54) is 7.11 Å². The van der Waals surface area contributed by atoms with Crippen molar-refractivity contribution >= 4 is 21.4 Å². The van der Waals surface area contributed by atoms with Crippen LogP contribution in [-0.2, 0) is 16.6 Å². The highest BCUT2D eigenvalue weighted by Gasteiger charge is 2.21. The first-order valence-electron chi connectivity index (χ1n) is 5.42. The third kappa shape index (κ3) is 3.28. The molecule has 19 heavy (non-hydrogen) atoms. The van der Waals surface area contributed by atoms with Gasteiger partial charge in [0.2, 0.25) is 0 Å². The van der Waals surface area contributed by atoms with Crippen LogP contribution in [0.15, 0.2) is 27.9 Å². The van der Waals surface area contributed by atoms with Gasteiger partial charge >= 0.3 is 0 Å². The lowest BCUT2D eigenvalue weighted by Crippen LogP contribution is -2.24. The number of thiophene rings is 1. The van der Waals surface area contributed by atoms with Gasteiger partial charge in [-0.05, 0) is 24.4 Å². The molecule has 0 aliphatic heterocycles. The fraction of sp³-hybridized carbons (Fsp3) is 0.273. The zero-order valence-corrected chi connectivity index (χ0v) is 12.1. The molecule has 0 amide bonds. The number of sulfonamides is 1. The van der Waals surface area contributed by atoms with Crippen LogP contribution in [0, 0.1) is 6.92 Å². The largest absolute Gasteiger partial charge is 0.494 e. The Morgan fingerprint density at radius 2 is 2.21 bits per heavy atom. The van der Waals surface area contributed by atoms with E-state index in [1.807, 2.05) is 6.92 Å². The van der Waals surface area contributed by atoms with Gasteiger partial charge in [0.25, 0.3) is 10.0 Å². The van der Waals surface area contributed by atoms with Crippen molar-refractivity contribution in [1.82, 2.24) is 14.7 Å². The van der Waals surface area contributed by atoms with Crippen LogP contribution in [0.4, 0.5) is 0 Å². The Morgan fingerprint density at radius 1 is 1.42 bits per heavy atom. The number of aromatic nitrogens is 2. The van der Waals surface area contributed by atoms with E-state index in [9.17, 15) is 8.42 Å². The fourth-order valence-corrected chi connectivity index (χ4v) is 3.74. The first-order chi connectivity index (χ1) is 9.03. The number of rotatable bonds is 5. The highest BCUT2D eigenvalue weighted by molar-refractivity contribution is 7.91. The second-order valence-electron chi connectivity index (χ2n) is 3.72. The summed E-state index contributed by atoms with van der Waals surface area (Å²) in [5, 5.41) is 1.66. The summed E-state index contributed by atoms with van der Waals surface area (Å²) < 4.78 is 31.8. The maximum Gasteiger partial charge on any atom is 0.254 e. The molecule has 0 aliphatic rings. The van der Waals surface area contributed by atoms with Crippen molar-refractivity contribution in [3.05, 3.63) is 35.2 Å². The van der Waals surface area contributed by atoms with Gasteiger partial charge in [-0.15, -0.1) is 11.3 Å². The van der Waals surface area contributed by atoms with E-state index in [0.29, 0.717) is 11.6 Å². The van der Waals surface area contributed by atoms with E-state index in [-0.39, 0.29) is 10.8 Å². The Hall–Kier alpha value is -1.51. The monoisotopic (exact) mass is 299 g/mol. The Morgan fingerprint density at radius 3 is 2.89 bits per heavy atom. The molecule has 6 nitrogen and oxygen atoms in total. The number of ether oxygens (including phenoxy) is 1. The van der Waals surface area contributed by atoms with E-state index in [2.05, 4.69) is 14.7 Å². The summed E-state index contributed by atoms with van der Waals surface area (Å²) in [5.41, 5.74) is 0.790. The summed E-state index contributed by atoms with van der Waals surface area (Å²) >= 11 is 1.10. The Labute approximate surface area is 115 Å². The predicted molar refractivity (Wildman–Crippen MR) is 71.7 cm³/mol. The van der Waals surface area contributed by atoms with Crippen LogP contribution in [0.1, 0.15) is 11.5 Å². The van der Waals surface area contributed by atoms with Crippen molar-refractivity contribution in [3.63, 3.8) is 0 Å². The van der Waals surface area contributed by atoms with E-state index in [0.717, 1.165) is 17.0 Å². The average molecular weight is 299 g/mol. The number of nitrogens with one attached hydrogen (secondary N) is 1. The van der Waals surface area contributed by atoms with Crippen molar-refractivity contribution in [2.45, 2.75) is 17.7 Å². The summed E-state index contributed by atoms with van der Waals surface area (Å²) in [6.45, 7) is 1.87. The van der Waals surface area contributed by atoms with Gasteiger partial charge in [-0.25, -0.2) is 23.1 Å². The van der Waals surface area contributed by atoms with Gasteiger partial charge in [0.1, 0.15) is 11.6 Å². The second kappa shape index (κ2) is 5.64. The van der Waals surface area contributed by atoms with Crippen LogP contribution in [-0.4, -0.2) is 25.5 Å². The SMILES string of the molecule is COc1ccsc1S(=O)(=O)NCc1nccc(C)n1. The lowest BCUT2D eigenvalue weighted by molar-refractivity contribution is 0.406. The molecule has 2 rings (SSSR count). The molecule has 1 N–H and O–H groups in total. The number of nitrogens with zero attached hydrogens (tertiary/aromatic N) is 2. The molecular weight excluding hydrogens is 286 g/mol. The Balaban J connectivity index is 2.14. The number of aryl methyl sites for hydroxylation is 1. The van der Waals surface area contributed by atoms with Crippen LogP contribution in [0.3, 0.4) is 0 Å². The Kier molecular flexibility index (Phi) is 4.13. The molecule has 2 aromatic rings. The van der Waals surface area contributed by atoms with Gasteiger partial charge in [0.05, 0.1) is 13.7 Å². The van der Waals surface area contributed by atoms with E-state index in [4.69, 9.17) is 4.74 Å². The molecule has 8 heteroatoms. The average Bonchev–Trinajstić information content (AvgIpc) is 2.86. The maximum atomic E-state index is 12.1. The van der Waals surface area contributed by atoms with Gasteiger partial charge in [-0.1, -0.05) is 0 Å². The van der Waals surface area contributed by atoms with Crippen molar-refractivity contribution in [2.75, 3.05) is 7.11 Å². The molecule has 0 bridgehead atoms. The van der Waals surface area contributed by atoms with Gasteiger partial charge in [-0.3, -0.25) is 0 Å². The summed E-state index contributed by atoms with van der Waals surface area (Å²) in [5.74, 6) is 0.766. The third-order valence-corrected chi connectivity index (χ3v) is 5.17. The minimum atomic E-state index is -3.61. The van der Waals surface area contributed by atoms with Crippen LogP contribution < -0.4 is 9.46 Å². The van der Waals surface area contributed by atoms with Crippen molar-refractivity contribution in [2.24, 2.45) is 0 Å². The Bertz CT molecular complexity index is 667. The molecule has 0 unspecified atom stereocenters. The zero-order valence-electron chi connectivity index (χ0n) is 10.5. The van der Waals surface area contributed by atoms with Crippen molar-refractivity contribution < 1.29 is 13.2 Å². The lowest BCUT2D eigenvalue weighted by atomic mass is 10.4. The van der Waals surface area contributed by atoms with Crippen molar-refractivity contribution in [1.29, 1.82) is 0 Å². The van der Waals surface area contributed by atoms with E-state index >= 15 is 0 Å². The van der Waals surface area contributed by atoms with Gasteiger partial charge in [-0.2, -0.15) is 0 Å². The van der Waals surface area contributed by atoms with Crippen LogP contribution in [0.2, 0.25) is 0 Å². The van der Waals surface area contributed by atoms with Gasteiger partial charge in [0.15, 0.2) is 4.21 Å². The standard InChI is InChI=1S/C11H13N3O3S2/c1-8-3-5-12-10(14-8)7-13-19(15,16)11-9(17-2)4-6-18-11/h3-6,13H,7H2,1-2H3. The fourth-order valence-electron chi connectivity index (χ4n) is 1.44.